The van der Waals surface area contributed by atoms with Crippen LogP contribution in [0.5, 0.6) is 0 Å². The summed E-state index contributed by atoms with van der Waals surface area (Å²) >= 11 is 0. The van der Waals surface area contributed by atoms with E-state index in [0.29, 0.717) is 11.8 Å². The summed E-state index contributed by atoms with van der Waals surface area (Å²) in [6, 6.07) is 47.7. The van der Waals surface area contributed by atoms with Crippen LogP contribution in [0.25, 0.3) is 108 Å². The highest BCUT2D eigenvalue weighted by Gasteiger charge is 2.22. The van der Waals surface area contributed by atoms with Crippen LogP contribution in [0.3, 0.4) is 0 Å². The Bertz CT molecular complexity index is 3170. The first-order chi connectivity index (χ1) is 27.1. The maximum absolute atomic E-state index is 2.54. The fourth-order valence-electron chi connectivity index (χ4n) is 10.6. The van der Waals surface area contributed by atoms with Crippen LogP contribution in [0.15, 0.2) is 121 Å². The molecule has 11 aromatic rings. The maximum Gasteiger partial charge on any atom is -0.00197 e. The van der Waals surface area contributed by atoms with Crippen molar-refractivity contribution in [2.45, 2.75) is 67.2 Å². The summed E-state index contributed by atoms with van der Waals surface area (Å²) in [6.07, 6.45) is 0. The zero-order chi connectivity index (χ0) is 38.3. The van der Waals surface area contributed by atoms with Crippen LogP contribution in [0.1, 0.15) is 72.9 Å². The van der Waals surface area contributed by atoms with Crippen LogP contribution in [0.4, 0.5) is 0 Å². The SMILES string of the molecule is Cc1cccc(C)c1-c1ccc2c(c1)c1cc(C(C)C)cc3c4ccc5c(cc6c7ccc(-c8c(C)cccc8C)cc7c7cc(C(C)C)cc5c76)c4cc2c31. The molecule has 0 aromatic heterocycles. The Kier molecular flexibility index (Phi) is 7.01. The zero-order valence-electron chi connectivity index (χ0n) is 33.7. The largest absolute Gasteiger partial charge is 0.0617 e. The van der Waals surface area contributed by atoms with Gasteiger partial charge in [-0.25, -0.2) is 0 Å². The smallest absolute Gasteiger partial charge is 0.00197 e. The van der Waals surface area contributed by atoms with Gasteiger partial charge >= 0.3 is 0 Å². The Morgan fingerprint density at radius 3 is 0.911 bits per heavy atom. The Morgan fingerprint density at radius 1 is 0.286 bits per heavy atom. The minimum absolute atomic E-state index is 0.419. The Labute approximate surface area is 329 Å². The highest BCUT2D eigenvalue weighted by Crippen LogP contribution is 2.49. The molecule has 0 heterocycles. The van der Waals surface area contributed by atoms with E-state index in [9.17, 15) is 0 Å². The first-order valence-corrected chi connectivity index (χ1v) is 20.5. The van der Waals surface area contributed by atoms with Crippen LogP contribution in [0, 0.1) is 27.7 Å². The highest BCUT2D eigenvalue weighted by atomic mass is 14.3. The van der Waals surface area contributed by atoms with E-state index < -0.39 is 0 Å². The molecule has 0 atom stereocenters. The van der Waals surface area contributed by atoms with E-state index >= 15 is 0 Å². The number of aryl methyl sites for hydroxylation is 4. The summed E-state index contributed by atoms with van der Waals surface area (Å²) < 4.78 is 0. The molecule has 0 radical (unpaired) electrons. The quantitative estimate of drug-likeness (QED) is 0.159. The zero-order valence-corrected chi connectivity index (χ0v) is 33.7. The lowest BCUT2D eigenvalue weighted by Crippen LogP contribution is -1.90. The average molecular weight is 719 g/mol. The number of fused-ring (bicyclic) bond motifs is 11. The summed E-state index contributed by atoms with van der Waals surface area (Å²) in [4.78, 5) is 0. The van der Waals surface area contributed by atoms with Crippen molar-refractivity contribution in [1.82, 2.24) is 0 Å². The van der Waals surface area contributed by atoms with Crippen molar-refractivity contribution in [2.75, 3.05) is 0 Å². The lowest BCUT2D eigenvalue weighted by Gasteiger charge is -2.15. The standard InChI is InChI=1S/C56H46/c1-29(2)37-23-47-41-19-20-42-46(45(41)27-51-39-17-15-35(21-43(39)49(25-37)55(47)51)53-31(5)11-9-12-32(53)6)28-52-40-18-16-36(54-33(7)13-10-14-34(54)8)22-44(40)50-26-38(30(3)4)24-48(42)56(50)52/h9-30H,1-8H3. The number of benzene rings is 9. The summed E-state index contributed by atoms with van der Waals surface area (Å²) in [6.45, 7) is 18.3. The molecule has 0 bridgehead atoms. The molecule has 0 amide bonds. The normalized spacial score (nSPS) is 12.6. The molecular weight excluding hydrogens is 673 g/mol. The Morgan fingerprint density at radius 2 is 0.571 bits per heavy atom. The number of hydrogen-bond acceptors (Lipinski definition) is 0. The van der Waals surface area contributed by atoms with Crippen LogP contribution in [-0.2, 0) is 0 Å². The van der Waals surface area contributed by atoms with Gasteiger partial charge in [-0.1, -0.05) is 125 Å². The second kappa shape index (κ2) is 11.8. The third-order valence-electron chi connectivity index (χ3n) is 13.4. The van der Waals surface area contributed by atoms with E-state index in [0.717, 1.165) is 0 Å². The molecule has 270 valence electrons. The van der Waals surface area contributed by atoms with E-state index in [1.165, 1.54) is 142 Å². The monoisotopic (exact) mass is 718 g/mol. The molecule has 0 spiro atoms. The maximum atomic E-state index is 2.54. The third-order valence-corrected chi connectivity index (χ3v) is 13.4. The molecule has 11 rings (SSSR count). The van der Waals surface area contributed by atoms with Gasteiger partial charge in [0, 0.05) is 0 Å². The summed E-state index contributed by atoms with van der Waals surface area (Å²) in [5, 5.41) is 21.8. The van der Waals surface area contributed by atoms with Gasteiger partial charge in [0.15, 0.2) is 0 Å². The van der Waals surface area contributed by atoms with Gasteiger partial charge in [-0.15, -0.1) is 0 Å². The molecular formula is C56H46. The van der Waals surface area contributed by atoms with Gasteiger partial charge in [-0.2, -0.15) is 0 Å². The summed E-state index contributed by atoms with van der Waals surface area (Å²) in [5.74, 6) is 0.839. The molecule has 11 aromatic carbocycles. The van der Waals surface area contributed by atoms with Gasteiger partial charge in [0.2, 0.25) is 0 Å². The minimum atomic E-state index is 0.419. The third kappa shape index (κ3) is 4.53. The average Bonchev–Trinajstić information content (AvgIpc) is 3.67. The van der Waals surface area contributed by atoms with Crippen molar-refractivity contribution in [3.8, 4) is 22.3 Å². The predicted molar refractivity (Wildman–Crippen MR) is 247 cm³/mol. The molecule has 0 saturated heterocycles. The lowest BCUT2D eigenvalue weighted by molar-refractivity contribution is 0.870. The molecule has 56 heavy (non-hydrogen) atoms. The highest BCUT2D eigenvalue weighted by molar-refractivity contribution is 6.40. The van der Waals surface area contributed by atoms with Gasteiger partial charge in [0.25, 0.3) is 0 Å². The second-order valence-electron chi connectivity index (χ2n) is 17.4. The van der Waals surface area contributed by atoms with Crippen molar-refractivity contribution in [2.24, 2.45) is 0 Å². The lowest BCUT2D eigenvalue weighted by atomic mass is 9.89. The molecule has 0 nitrogen and oxygen atoms in total. The van der Waals surface area contributed by atoms with E-state index in [1.807, 2.05) is 0 Å². The first-order valence-electron chi connectivity index (χ1n) is 20.5. The molecule has 0 aliphatic heterocycles. The van der Waals surface area contributed by atoms with Crippen LogP contribution >= 0.6 is 0 Å². The topological polar surface area (TPSA) is 0 Å². The van der Waals surface area contributed by atoms with Crippen molar-refractivity contribution >= 4 is 86.2 Å². The molecule has 0 heteroatoms. The molecule has 0 fully saturated rings. The summed E-state index contributed by atoms with van der Waals surface area (Å²) in [7, 11) is 0. The van der Waals surface area contributed by atoms with Gasteiger partial charge in [-0.3, -0.25) is 0 Å². The Hall–Kier alpha value is -5.98. The van der Waals surface area contributed by atoms with E-state index in [-0.39, 0.29) is 0 Å². The van der Waals surface area contributed by atoms with Crippen LogP contribution in [0.2, 0.25) is 0 Å². The predicted octanol–water partition coefficient (Wildman–Crippen LogP) is 16.6. The summed E-state index contributed by atoms with van der Waals surface area (Å²) in [5.41, 5.74) is 13.4. The van der Waals surface area contributed by atoms with Gasteiger partial charge < -0.3 is 0 Å². The van der Waals surface area contributed by atoms with Crippen molar-refractivity contribution in [3.05, 3.63) is 155 Å². The number of hydrogen-bond donors (Lipinski definition) is 0. The molecule has 0 saturated carbocycles. The fraction of sp³-hybridized carbons (Fsp3) is 0.179. The molecule has 0 aliphatic rings. The van der Waals surface area contributed by atoms with Gasteiger partial charge in [-0.05, 0) is 206 Å². The van der Waals surface area contributed by atoms with Gasteiger partial charge in [0.1, 0.15) is 0 Å². The van der Waals surface area contributed by atoms with Crippen molar-refractivity contribution in [3.63, 3.8) is 0 Å². The Balaban J connectivity index is 1.27. The van der Waals surface area contributed by atoms with Crippen molar-refractivity contribution in [1.29, 1.82) is 0 Å². The molecule has 0 aliphatic carbocycles. The molecule has 0 N–H and O–H groups in total. The minimum Gasteiger partial charge on any atom is -0.0617 e. The fourth-order valence-corrected chi connectivity index (χ4v) is 10.6. The molecule has 0 unspecified atom stereocenters. The van der Waals surface area contributed by atoms with Crippen molar-refractivity contribution < 1.29 is 0 Å². The van der Waals surface area contributed by atoms with E-state index in [2.05, 4.69) is 177 Å². The first kappa shape index (κ1) is 33.4. The van der Waals surface area contributed by atoms with Gasteiger partial charge in [0.05, 0.1) is 0 Å². The van der Waals surface area contributed by atoms with E-state index in [1.54, 1.807) is 0 Å². The van der Waals surface area contributed by atoms with E-state index in [4.69, 9.17) is 0 Å². The second-order valence-corrected chi connectivity index (χ2v) is 17.4. The van der Waals surface area contributed by atoms with Crippen LogP contribution < -0.4 is 0 Å². The number of rotatable bonds is 4. The van der Waals surface area contributed by atoms with Crippen LogP contribution in [-0.4, -0.2) is 0 Å².